The number of rotatable bonds is 4. The zero-order valence-corrected chi connectivity index (χ0v) is 12.2. The van der Waals surface area contributed by atoms with Crippen LogP contribution in [0.4, 0.5) is 10.1 Å². The van der Waals surface area contributed by atoms with Crippen molar-refractivity contribution >= 4 is 33.0 Å². The van der Waals surface area contributed by atoms with E-state index in [9.17, 15) is 14.5 Å². The summed E-state index contributed by atoms with van der Waals surface area (Å²) < 4.78 is 13.3. The number of benzene rings is 1. The van der Waals surface area contributed by atoms with Crippen molar-refractivity contribution in [2.75, 3.05) is 0 Å². The summed E-state index contributed by atoms with van der Waals surface area (Å²) in [7, 11) is 0. The molecule has 5 nitrogen and oxygen atoms in total. The first-order valence-electron chi connectivity index (χ1n) is 5.44. The fourth-order valence-corrected chi connectivity index (χ4v) is 2.72. The summed E-state index contributed by atoms with van der Waals surface area (Å²) >= 11 is 4.74. The average molecular weight is 346 g/mol. The highest BCUT2D eigenvalue weighted by molar-refractivity contribution is 9.09. The van der Waals surface area contributed by atoms with E-state index < -0.39 is 10.7 Å². The SMILES string of the molecule is CCC(Br)c1nnc(-c2cc(F)cc([N+](=O)[O-])c2)s1. The largest absolute Gasteiger partial charge is 0.273 e. The first-order chi connectivity index (χ1) is 9.01. The Balaban J connectivity index is 2.41. The highest BCUT2D eigenvalue weighted by Crippen LogP contribution is 2.33. The standard InChI is InChI=1S/C11H9BrFN3O2S/c1-2-9(12)11-15-14-10(19-11)6-3-7(13)5-8(4-6)16(17)18/h3-5,9H,2H2,1H3. The maximum atomic E-state index is 13.3. The number of nitrogens with zero attached hydrogens (tertiary/aromatic N) is 3. The molecular formula is C11H9BrFN3O2S. The molecule has 0 aliphatic carbocycles. The monoisotopic (exact) mass is 345 g/mol. The van der Waals surface area contributed by atoms with E-state index in [1.165, 1.54) is 23.5 Å². The molecule has 2 aromatic rings. The summed E-state index contributed by atoms with van der Waals surface area (Å²) in [6.07, 6.45) is 0.845. The Morgan fingerprint density at radius 3 is 2.84 bits per heavy atom. The highest BCUT2D eigenvalue weighted by atomic mass is 79.9. The average Bonchev–Trinajstić information content (AvgIpc) is 2.86. The molecular weight excluding hydrogens is 337 g/mol. The Morgan fingerprint density at radius 2 is 2.21 bits per heavy atom. The Morgan fingerprint density at radius 1 is 1.47 bits per heavy atom. The molecule has 1 aromatic carbocycles. The van der Waals surface area contributed by atoms with Crippen molar-refractivity contribution in [3.05, 3.63) is 39.1 Å². The molecule has 1 atom stereocenters. The number of hydrogen-bond donors (Lipinski definition) is 0. The van der Waals surface area contributed by atoms with Gasteiger partial charge < -0.3 is 0 Å². The van der Waals surface area contributed by atoms with E-state index in [4.69, 9.17) is 0 Å². The second-order valence-corrected chi connectivity index (χ2v) is 5.89. The molecule has 0 spiro atoms. The van der Waals surface area contributed by atoms with E-state index in [0.29, 0.717) is 10.6 Å². The maximum absolute atomic E-state index is 13.3. The first-order valence-corrected chi connectivity index (χ1v) is 7.17. The van der Waals surface area contributed by atoms with Crippen molar-refractivity contribution in [2.45, 2.75) is 18.2 Å². The van der Waals surface area contributed by atoms with Crippen molar-refractivity contribution in [3.63, 3.8) is 0 Å². The molecule has 0 aliphatic heterocycles. The molecule has 1 aromatic heterocycles. The van der Waals surface area contributed by atoms with Crippen LogP contribution in [0.25, 0.3) is 10.6 Å². The van der Waals surface area contributed by atoms with Gasteiger partial charge in [0, 0.05) is 11.6 Å². The normalized spacial score (nSPS) is 12.4. The van der Waals surface area contributed by atoms with Crippen LogP contribution < -0.4 is 0 Å². The molecule has 100 valence electrons. The number of halogens is 2. The molecule has 0 aliphatic rings. The van der Waals surface area contributed by atoms with Gasteiger partial charge in [-0.2, -0.15) is 0 Å². The Labute approximate surface area is 120 Å². The quantitative estimate of drug-likeness (QED) is 0.475. The van der Waals surface area contributed by atoms with Gasteiger partial charge in [0.2, 0.25) is 0 Å². The van der Waals surface area contributed by atoms with Gasteiger partial charge in [0.05, 0.1) is 15.8 Å². The third kappa shape index (κ3) is 3.13. The van der Waals surface area contributed by atoms with E-state index in [1.807, 2.05) is 6.92 Å². The van der Waals surface area contributed by atoms with Crippen LogP contribution >= 0.6 is 27.3 Å². The Kier molecular flexibility index (Phi) is 4.20. The van der Waals surface area contributed by atoms with E-state index in [0.717, 1.165) is 17.5 Å². The van der Waals surface area contributed by atoms with Crippen LogP contribution in [0, 0.1) is 15.9 Å². The van der Waals surface area contributed by atoms with Crippen molar-refractivity contribution in [3.8, 4) is 10.6 Å². The molecule has 2 rings (SSSR count). The topological polar surface area (TPSA) is 68.9 Å². The molecule has 19 heavy (non-hydrogen) atoms. The van der Waals surface area contributed by atoms with Gasteiger partial charge >= 0.3 is 0 Å². The van der Waals surface area contributed by atoms with Crippen LogP contribution in [0.2, 0.25) is 0 Å². The summed E-state index contributed by atoms with van der Waals surface area (Å²) in [5.41, 5.74) is 0.0730. The molecule has 0 saturated heterocycles. The minimum absolute atomic E-state index is 0.0855. The third-order valence-corrected chi connectivity index (χ3v) is 4.88. The molecule has 0 radical (unpaired) electrons. The van der Waals surface area contributed by atoms with E-state index >= 15 is 0 Å². The van der Waals surface area contributed by atoms with Gasteiger partial charge in [-0.3, -0.25) is 10.1 Å². The molecule has 0 N–H and O–H groups in total. The van der Waals surface area contributed by atoms with Gasteiger partial charge in [-0.25, -0.2) is 4.39 Å². The molecule has 1 unspecified atom stereocenters. The number of nitro benzene ring substituents is 1. The number of nitro groups is 1. The lowest BCUT2D eigenvalue weighted by molar-refractivity contribution is -0.385. The van der Waals surface area contributed by atoms with Crippen LogP contribution in [-0.4, -0.2) is 15.1 Å². The Bertz CT molecular complexity index is 620. The second-order valence-electron chi connectivity index (χ2n) is 3.78. The lowest BCUT2D eigenvalue weighted by Crippen LogP contribution is -1.90. The van der Waals surface area contributed by atoms with Crippen LogP contribution in [0.5, 0.6) is 0 Å². The number of aromatic nitrogens is 2. The number of non-ortho nitro benzene ring substituents is 1. The predicted molar refractivity (Wildman–Crippen MR) is 73.9 cm³/mol. The molecule has 0 saturated carbocycles. The van der Waals surface area contributed by atoms with Crippen LogP contribution in [0.15, 0.2) is 18.2 Å². The van der Waals surface area contributed by atoms with Crippen LogP contribution in [0.1, 0.15) is 23.2 Å². The zero-order valence-electron chi connectivity index (χ0n) is 9.84. The summed E-state index contributed by atoms with van der Waals surface area (Å²) in [5.74, 6) is -0.660. The smallest absolute Gasteiger partial charge is 0.258 e. The van der Waals surface area contributed by atoms with Gasteiger partial charge in [-0.05, 0) is 12.5 Å². The molecule has 0 fully saturated rings. The van der Waals surface area contributed by atoms with Gasteiger partial charge in [-0.15, -0.1) is 10.2 Å². The van der Waals surface area contributed by atoms with Crippen molar-refractivity contribution in [2.24, 2.45) is 0 Å². The van der Waals surface area contributed by atoms with Gasteiger partial charge in [0.25, 0.3) is 5.69 Å². The lowest BCUT2D eigenvalue weighted by atomic mass is 10.2. The van der Waals surface area contributed by atoms with E-state index in [1.54, 1.807) is 0 Å². The minimum atomic E-state index is -0.660. The summed E-state index contributed by atoms with van der Waals surface area (Å²) in [6.45, 7) is 1.99. The van der Waals surface area contributed by atoms with Gasteiger partial charge in [0.15, 0.2) is 0 Å². The van der Waals surface area contributed by atoms with Gasteiger partial charge in [0.1, 0.15) is 15.8 Å². The van der Waals surface area contributed by atoms with Crippen molar-refractivity contribution < 1.29 is 9.31 Å². The molecule has 8 heteroatoms. The number of alkyl halides is 1. The molecule has 0 bridgehead atoms. The fourth-order valence-electron chi connectivity index (χ4n) is 1.46. The third-order valence-electron chi connectivity index (χ3n) is 2.41. The molecule has 0 amide bonds. The number of hydrogen-bond acceptors (Lipinski definition) is 5. The van der Waals surface area contributed by atoms with Crippen LogP contribution in [-0.2, 0) is 0 Å². The van der Waals surface area contributed by atoms with E-state index in [-0.39, 0.29) is 10.5 Å². The van der Waals surface area contributed by atoms with E-state index in [2.05, 4.69) is 26.1 Å². The maximum Gasteiger partial charge on any atom is 0.273 e. The molecule has 1 heterocycles. The predicted octanol–water partition coefficient (Wildman–Crippen LogP) is 4.10. The summed E-state index contributed by atoms with van der Waals surface area (Å²) in [4.78, 5) is 10.1. The van der Waals surface area contributed by atoms with Gasteiger partial charge in [-0.1, -0.05) is 34.2 Å². The first kappa shape index (κ1) is 14.0. The second kappa shape index (κ2) is 5.70. The Hall–Kier alpha value is -1.41. The van der Waals surface area contributed by atoms with Crippen molar-refractivity contribution in [1.82, 2.24) is 10.2 Å². The van der Waals surface area contributed by atoms with Crippen LogP contribution in [0.3, 0.4) is 0 Å². The highest BCUT2D eigenvalue weighted by Gasteiger charge is 2.16. The summed E-state index contributed by atoms with van der Waals surface area (Å²) in [5, 5.41) is 19.9. The van der Waals surface area contributed by atoms with Crippen molar-refractivity contribution in [1.29, 1.82) is 0 Å². The lowest BCUT2D eigenvalue weighted by Gasteiger charge is -1.99. The fraction of sp³-hybridized carbons (Fsp3) is 0.273. The zero-order chi connectivity index (χ0) is 14.0. The summed E-state index contributed by atoms with van der Waals surface area (Å²) in [6, 6.07) is 3.39. The minimum Gasteiger partial charge on any atom is -0.258 e.